The Kier molecular flexibility index (Phi) is 4.33. The molecule has 21 heavy (non-hydrogen) atoms. The molecule has 1 aliphatic rings. The highest BCUT2D eigenvalue weighted by Crippen LogP contribution is 2.35. The molecule has 1 N–H and O–H groups in total. The van der Waals surface area contributed by atoms with E-state index in [0.29, 0.717) is 13.1 Å². The van der Waals surface area contributed by atoms with Crippen molar-refractivity contribution in [3.8, 4) is 11.5 Å². The quantitative estimate of drug-likeness (QED) is 0.877. The van der Waals surface area contributed by atoms with Gasteiger partial charge >= 0.3 is 0 Å². The van der Waals surface area contributed by atoms with Crippen LogP contribution in [0, 0.1) is 0 Å². The number of aromatic nitrogens is 1. The van der Waals surface area contributed by atoms with Crippen molar-refractivity contribution in [2.24, 2.45) is 0 Å². The Bertz CT molecular complexity index is 589. The molecule has 3 rings (SSSR count). The molecule has 0 aliphatic carbocycles. The average molecular weight is 286 g/mol. The minimum Gasteiger partial charge on any atom is -0.454 e. The third-order valence-corrected chi connectivity index (χ3v) is 3.42. The lowest BCUT2D eigenvalue weighted by Crippen LogP contribution is -2.26. The fourth-order valence-corrected chi connectivity index (χ4v) is 2.46. The molecule has 110 valence electrons. The molecule has 0 amide bonds. The third-order valence-electron chi connectivity index (χ3n) is 3.42. The number of aliphatic hydroxyl groups excluding tert-OH is 1. The molecular formula is C16H18N2O3. The molecule has 0 bridgehead atoms. The van der Waals surface area contributed by atoms with Crippen molar-refractivity contribution in [2.75, 3.05) is 19.9 Å². The van der Waals surface area contributed by atoms with Gasteiger partial charge in [-0.15, -0.1) is 0 Å². The summed E-state index contributed by atoms with van der Waals surface area (Å²) >= 11 is 0. The monoisotopic (exact) mass is 286 g/mol. The van der Waals surface area contributed by atoms with Gasteiger partial charge in [0, 0.05) is 37.6 Å². The molecule has 2 heterocycles. The molecule has 0 spiro atoms. The molecule has 1 aliphatic heterocycles. The summed E-state index contributed by atoms with van der Waals surface area (Å²) < 4.78 is 10.9. The Morgan fingerprint density at radius 1 is 1.14 bits per heavy atom. The number of hydrogen-bond donors (Lipinski definition) is 1. The van der Waals surface area contributed by atoms with Crippen molar-refractivity contribution in [3.05, 3.63) is 53.9 Å². The van der Waals surface area contributed by atoms with Crippen LogP contribution in [0.4, 0.5) is 0 Å². The summed E-state index contributed by atoms with van der Waals surface area (Å²) in [5.41, 5.74) is 2.19. The lowest BCUT2D eigenvalue weighted by molar-refractivity contribution is 0.167. The highest BCUT2D eigenvalue weighted by Gasteiger charge is 2.19. The highest BCUT2D eigenvalue weighted by molar-refractivity contribution is 5.48. The SMILES string of the molecule is OCCN(Cc1cccnc1)Cc1cccc2c1OCO2. The van der Waals surface area contributed by atoms with Crippen LogP contribution in [0.25, 0.3) is 0 Å². The van der Waals surface area contributed by atoms with Crippen LogP contribution >= 0.6 is 0 Å². The molecule has 0 atom stereocenters. The predicted molar refractivity (Wildman–Crippen MR) is 78.0 cm³/mol. The number of para-hydroxylation sites is 1. The van der Waals surface area contributed by atoms with Gasteiger partial charge in [-0.3, -0.25) is 9.88 Å². The Hall–Kier alpha value is -2.11. The molecule has 1 aromatic carbocycles. The lowest BCUT2D eigenvalue weighted by Gasteiger charge is -2.22. The number of hydrogen-bond acceptors (Lipinski definition) is 5. The van der Waals surface area contributed by atoms with Crippen LogP contribution in [0.2, 0.25) is 0 Å². The summed E-state index contributed by atoms with van der Waals surface area (Å²) in [6.45, 7) is 2.42. The molecule has 0 saturated heterocycles. The minimum absolute atomic E-state index is 0.118. The van der Waals surface area contributed by atoms with E-state index in [9.17, 15) is 5.11 Å². The third kappa shape index (κ3) is 3.32. The van der Waals surface area contributed by atoms with E-state index in [2.05, 4.69) is 9.88 Å². The Morgan fingerprint density at radius 2 is 2.10 bits per heavy atom. The Balaban J connectivity index is 1.75. The maximum Gasteiger partial charge on any atom is 0.231 e. The van der Waals surface area contributed by atoms with Gasteiger partial charge in [-0.05, 0) is 17.7 Å². The highest BCUT2D eigenvalue weighted by atomic mass is 16.7. The number of aliphatic hydroxyl groups is 1. The van der Waals surface area contributed by atoms with Gasteiger partial charge in [0.15, 0.2) is 11.5 Å². The second-order valence-electron chi connectivity index (χ2n) is 4.95. The largest absolute Gasteiger partial charge is 0.454 e. The molecule has 2 aromatic rings. The van der Waals surface area contributed by atoms with Crippen LogP contribution in [0.1, 0.15) is 11.1 Å². The second-order valence-corrected chi connectivity index (χ2v) is 4.95. The predicted octanol–water partition coefficient (Wildman–Crippen LogP) is 1.80. The normalized spacial score (nSPS) is 12.9. The number of fused-ring (bicyclic) bond motifs is 1. The van der Waals surface area contributed by atoms with Gasteiger partial charge in [0.2, 0.25) is 6.79 Å². The first-order valence-electron chi connectivity index (χ1n) is 6.96. The Morgan fingerprint density at radius 3 is 2.90 bits per heavy atom. The van der Waals surface area contributed by atoms with Crippen LogP contribution in [-0.2, 0) is 13.1 Å². The molecule has 5 heteroatoms. The zero-order chi connectivity index (χ0) is 14.5. The van der Waals surface area contributed by atoms with Gasteiger partial charge in [0.05, 0.1) is 6.61 Å². The van der Waals surface area contributed by atoms with Crippen LogP contribution in [0.15, 0.2) is 42.7 Å². The summed E-state index contributed by atoms with van der Waals surface area (Å²) in [6.07, 6.45) is 3.61. The van der Waals surface area contributed by atoms with Crippen LogP contribution in [0.5, 0.6) is 11.5 Å². The van der Waals surface area contributed by atoms with Gasteiger partial charge in [0.25, 0.3) is 0 Å². The average Bonchev–Trinajstić information content (AvgIpc) is 2.98. The lowest BCUT2D eigenvalue weighted by atomic mass is 10.1. The summed E-state index contributed by atoms with van der Waals surface area (Å²) in [5, 5.41) is 9.27. The number of nitrogens with zero attached hydrogens (tertiary/aromatic N) is 2. The molecule has 0 radical (unpaired) electrons. The van der Waals surface area contributed by atoms with Crippen molar-refractivity contribution in [2.45, 2.75) is 13.1 Å². The molecule has 0 unspecified atom stereocenters. The van der Waals surface area contributed by atoms with Crippen molar-refractivity contribution in [1.29, 1.82) is 0 Å². The maximum absolute atomic E-state index is 9.27. The second kappa shape index (κ2) is 6.56. The molecule has 1 aromatic heterocycles. The Labute approximate surface area is 123 Å². The van der Waals surface area contributed by atoms with Crippen molar-refractivity contribution < 1.29 is 14.6 Å². The van der Waals surface area contributed by atoms with Gasteiger partial charge in [0.1, 0.15) is 0 Å². The molecular weight excluding hydrogens is 268 g/mol. The molecule has 0 saturated carbocycles. The van der Waals surface area contributed by atoms with Gasteiger partial charge < -0.3 is 14.6 Å². The van der Waals surface area contributed by atoms with E-state index >= 15 is 0 Å². The molecule has 5 nitrogen and oxygen atoms in total. The number of benzene rings is 1. The van der Waals surface area contributed by atoms with Gasteiger partial charge in [-0.2, -0.15) is 0 Å². The van der Waals surface area contributed by atoms with E-state index in [1.165, 1.54) is 0 Å². The van der Waals surface area contributed by atoms with Crippen LogP contribution in [0.3, 0.4) is 0 Å². The zero-order valence-corrected chi connectivity index (χ0v) is 11.7. The van der Waals surface area contributed by atoms with E-state index in [0.717, 1.165) is 29.2 Å². The van der Waals surface area contributed by atoms with E-state index in [-0.39, 0.29) is 13.4 Å². The van der Waals surface area contributed by atoms with E-state index in [4.69, 9.17) is 9.47 Å². The minimum atomic E-state index is 0.118. The first kappa shape index (κ1) is 13.9. The van der Waals surface area contributed by atoms with Crippen LogP contribution in [-0.4, -0.2) is 34.9 Å². The molecule has 0 fully saturated rings. The summed E-state index contributed by atoms with van der Waals surface area (Å²) in [6, 6.07) is 9.85. The zero-order valence-electron chi connectivity index (χ0n) is 11.7. The summed E-state index contributed by atoms with van der Waals surface area (Å²) in [4.78, 5) is 6.29. The topological polar surface area (TPSA) is 54.8 Å². The summed E-state index contributed by atoms with van der Waals surface area (Å²) in [5.74, 6) is 1.60. The van der Waals surface area contributed by atoms with Gasteiger partial charge in [-0.25, -0.2) is 0 Å². The van der Waals surface area contributed by atoms with Gasteiger partial charge in [-0.1, -0.05) is 18.2 Å². The fraction of sp³-hybridized carbons (Fsp3) is 0.312. The smallest absolute Gasteiger partial charge is 0.231 e. The van der Waals surface area contributed by atoms with E-state index in [1.54, 1.807) is 6.20 Å². The first-order valence-corrected chi connectivity index (χ1v) is 6.96. The standard InChI is InChI=1S/C16H18N2O3/c19-8-7-18(10-13-3-2-6-17-9-13)11-14-4-1-5-15-16(14)21-12-20-15/h1-6,9,19H,7-8,10-12H2. The van der Waals surface area contributed by atoms with Crippen molar-refractivity contribution in [1.82, 2.24) is 9.88 Å². The number of ether oxygens (including phenoxy) is 2. The van der Waals surface area contributed by atoms with Crippen LogP contribution < -0.4 is 9.47 Å². The number of pyridine rings is 1. The van der Waals surface area contributed by atoms with E-state index in [1.807, 2.05) is 36.5 Å². The summed E-state index contributed by atoms with van der Waals surface area (Å²) in [7, 11) is 0. The fourth-order valence-electron chi connectivity index (χ4n) is 2.46. The van der Waals surface area contributed by atoms with Crippen molar-refractivity contribution in [3.63, 3.8) is 0 Å². The number of rotatable bonds is 6. The first-order chi connectivity index (χ1) is 10.4. The van der Waals surface area contributed by atoms with E-state index < -0.39 is 0 Å². The van der Waals surface area contributed by atoms with Crippen molar-refractivity contribution >= 4 is 0 Å². The maximum atomic E-state index is 9.27.